The third-order valence-corrected chi connectivity index (χ3v) is 7.34. The van der Waals surface area contributed by atoms with Gasteiger partial charge in [0.2, 0.25) is 0 Å². The van der Waals surface area contributed by atoms with Gasteiger partial charge in [-0.15, -0.1) is 0 Å². The zero-order valence-corrected chi connectivity index (χ0v) is 18.5. The van der Waals surface area contributed by atoms with Crippen molar-refractivity contribution < 1.29 is 19.8 Å². The normalized spacial score (nSPS) is 10.0. The van der Waals surface area contributed by atoms with E-state index >= 15 is 0 Å². The van der Waals surface area contributed by atoms with Crippen LogP contribution in [-0.2, 0) is 9.59 Å². The Labute approximate surface area is 183 Å². The molecule has 2 aromatic heterocycles. The highest BCUT2D eigenvalue weighted by Gasteiger charge is 2.08. The van der Waals surface area contributed by atoms with E-state index in [0.29, 0.717) is 32.8 Å². The highest BCUT2D eigenvalue weighted by atomic mass is 35.5. The summed E-state index contributed by atoms with van der Waals surface area (Å²) >= 11 is 11.3. The minimum atomic E-state index is -0.800. The Morgan fingerprint density at radius 3 is 2.14 bits per heavy atom. The molecule has 2 rings (SSSR count). The van der Waals surface area contributed by atoms with Crippen LogP contribution in [0.1, 0.15) is 30.6 Å². The number of nitrogens with two attached hydrogens (primary N) is 1. The first kappa shape index (κ1) is 24.5. The fourth-order valence-corrected chi connectivity index (χ4v) is 5.48. The minimum Gasteiger partial charge on any atom is -0.481 e. The summed E-state index contributed by atoms with van der Waals surface area (Å²) in [5.74, 6) is -0.106. The lowest BCUT2D eigenvalue weighted by Gasteiger charge is -1.94. The number of carboxylic acid groups (broad SMARTS) is 2. The van der Waals surface area contributed by atoms with E-state index in [0.717, 1.165) is 10.1 Å². The molecular weight excluding hydrogens is 464 g/mol. The van der Waals surface area contributed by atoms with Gasteiger partial charge in [-0.1, -0.05) is 57.8 Å². The SMILES string of the molecule is N#Cc1sc(SCCCC(=O)O)nc1Cl.Nc1cnc(SCCCC(=O)O)s1. The number of hydrogen-bond acceptors (Lipinski definition) is 10. The largest absolute Gasteiger partial charge is 0.481 e. The van der Waals surface area contributed by atoms with Gasteiger partial charge in [-0.25, -0.2) is 9.97 Å². The first-order valence-corrected chi connectivity index (χ1v) is 11.8. The standard InChI is InChI=1S/C8H7ClN2O2S2.C7H10N2O2S2/c9-7-5(4-10)15-8(11-7)14-3-1-2-6(12)13;8-5-4-9-7(13-5)12-3-1-2-6(10)11/h1-3H2,(H,12,13);4H,1-3,8H2,(H,10,11). The summed E-state index contributed by atoms with van der Waals surface area (Å²) in [5.41, 5.74) is 5.48. The number of thiazole rings is 2. The van der Waals surface area contributed by atoms with Crippen molar-refractivity contribution >= 4 is 74.7 Å². The van der Waals surface area contributed by atoms with Crippen LogP contribution in [0.2, 0.25) is 5.15 Å². The van der Waals surface area contributed by atoms with E-state index < -0.39 is 11.9 Å². The van der Waals surface area contributed by atoms with Crippen molar-refractivity contribution in [2.75, 3.05) is 17.2 Å². The zero-order valence-electron chi connectivity index (χ0n) is 14.5. The summed E-state index contributed by atoms with van der Waals surface area (Å²) in [7, 11) is 0. The molecule has 13 heteroatoms. The maximum atomic E-state index is 10.2. The summed E-state index contributed by atoms with van der Waals surface area (Å²) in [6, 6.07) is 1.94. The number of nitriles is 1. The number of anilines is 1. The second kappa shape index (κ2) is 13.6. The molecule has 0 radical (unpaired) electrons. The Hall–Kier alpha value is -1.52. The molecule has 152 valence electrons. The molecule has 0 saturated carbocycles. The van der Waals surface area contributed by atoms with E-state index in [9.17, 15) is 9.59 Å². The first-order chi connectivity index (χ1) is 13.3. The Morgan fingerprint density at radius 1 is 1.14 bits per heavy atom. The number of nitrogen functional groups attached to an aromatic ring is 1. The second-order valence-corrected chi connectivity index (χ2v) is 10.0. The van der Waals surface area contributed by atoms with E-state index in [-0.39, 0.29) is 18.0 Å². The summed E-state index contributed by atoms with van der Waals surface area (Å²) in [6.45, 7) is 0. The fourth-order valence-electron chi connectivity index (χ4n) is 1.52. The van der Waals surface area contributed by atoms with Gasteiger partial charge in [0.15, 0.2) is 13.8 Å². The lowest BCUT2D eigenvalue weighted by atomic mass is 10.3. The molecule has 0 aliphatic rings. The summed E-state index contributed by atoms with van der Waals surface area (Å²) in [5, 5.41) is 26.3. The van der Waals surface area contributed by atoms with Gasteiger partial charge < -0.3 is 15.9 Å². The predicted octanol–water partition coefficient (Wildman–Crippen LogP) is 4.31. The number of nitrogens with zero attached hydrogens (tertiary/aromatic N) is 3. The van der Waals surface area contributed by atoms with Crippen LogP contribution in [0.3, 0.4) is 0 Å². The molecule has 0 fully saturated rings. The fraction of sp³-hybridized carbons (Fsp3) is 0.400. The molecule has 0 atom stereocenters. The molecule has 28 heavy (non-hydrogen) atoms. The van der Waals surface area contributed by atoms with Crippen molar-refractivity contribution in [1.29, 1.82) is 5.26 Å². The van der Waals surface area contributed by atoms with Crippen LogP contribution < -0.4 is 5.73 Å². The van der Waals surface area contributed by atoms with E-state index in [2.05, 4.69) is 9.97 Å². The van der Waals surface area contributed by atoms with Crippen molar-refractivity contribution in [3.05, 3.63) is 16.2 Å². The van der Waals surface area contributed by atoms with Gasteiger partial charge >= 0.3 is 11.9 Å². The van der Waals surface area contributed by atoms with E-state index in [1.807, 2.05) is 6.07 Å². The molecule has 2 heterocycles. The van der Waals surface area contributed by atoms with Crippen molar-refractivity contribution in [2.24, 2.45) is 0 Å². The molecule has 0 bridgehead atoms. The van der Waals surface area contributed by atoms with Crippen LogP contribution in [-0.4, -0.2) is 43.6 Å². The van der Waals surface area contributed by atoms with Crippen LogP contribution in [0, 0.1) is 11.3 Å². The van der Waals surface area contributed by atoms with Crippen molar-refractivity contribution in [3.63, 3.8) is 0 Å². The number of rotatable bonds is 10. The average molecular weight is 481 g/mol. The van der Waals surface area contributed by atoms with E-state index in [1.165, 1.54) is 34.4 Å². The number of aliphatic carboxylic acids is 2. The lowest BCUT2D eigenvalue weighted by Crippen LogP contribution is -1.94. The van der Waals surface area contributed by atoms with Crippen molar-refractivity contribution in [2.45, 2.75) is 34.4 Å². The third kappa shape index (κ3) is 10.7. The molecule has 8 nitrogen and oxygen atoms in total. The minimum absolute atomic E-state index is 0.150. The van der Waals surface area contributed by atoms with Gasteiger partial charge in [0.25, 0.3) is 0 Å². The summed E-state index contributed by atoms with van der Waals surface area (Å²) in [4.78, 5) is 28.8. The lowest BCUT2D eigenvalue weighted by molar-refractivity contribution is -0.138. The van der Waals surface area contributed by atoms with E-state index in [1.54, 1.807) is 18.0 Å². The molecular formula is C15H17ClN4O4S4. The molecule has 0 aromatic carbocycles. The maximum Gasteiger partial charge on any atom is 0.303 e. The molecule has 4 N–H and O–H groups in total. The van der Waals surface area contributed by atoms with Crippen LogP contribution in [0.25, 0.3) is 0 Å². The maximum absolute atomic E-state index is 10.2. The number of carboxylic acids is 2. The van der Waals surface area contributed by atoms with Gasteiger partial charge in [0.1, 0.15) is 15.9 Å². The number of thioether (sulfide) groups is 2. The Kier molecular flexibility index (Phi) is 11.9. The monoisotopic (exact) mass is 480 g/mol. The van der Waals surface area contributed by atoms with Gasteiger partial charge in [0, 0.05) is 24.3 Å². The molecule has 0 unspecified atom stereocenters. The Bertz CT molecular complexity index is 821. The van der Waals surface area contributed by atoms with Gasteiger partial charge in [0.05, 0.1) is 6.20 Å². The average Bonchev–Trinajstić information content (AvgIpc) is 3.21. The van der Waals surface area contributed by atoms with Crippen molar-refractivity contribution in [1.82, 2.24) is 9.97 Å². The Balaban J connectivity index is 0.000000283. The van der Waals surface area contributed by atoms with Crippen LogP contribution >= 0.6 is 57.8 Å². The van der Waals surface area contributed by atoms with Crippen LogP contribution in [0.15, 0.2) is 14.9 Å². The molecule has 0 saturated heterocycles. The molecule has 0 spiro atoms. The first-order valence-electron chi connectivity index (χ1n) is 7.78. The zero-order chi connectivity index (χ0) is 20.9. The van der Waals surface area contributed by atoms with Crippen LogP contribution in [0.5, 0.6) is 0 Å². The second-order valence-electron chi connectivity index (χ2n) is 4.93. The number of carbonyl (C=O) groups is 2. The number of hydrogen-bond donors (Lipinski definition) is 3. The third-order valence-electron chi connectivity index (χ3n) is 2.69. The predicted molar refractivity (Wildman–Crippen MR) is 114 cm³/mol. The summed E-state index contributed by atoms with van der Waals surface area (Å²) < 4.78 is 1.62. The Morgan fingerprint density at radius 2 is 1.71 bits per heavy atom. The highest BCUT2D eigenvalue weighted by molar-refractivity contribution is 8.01. The quantitative estimate of drug-likeness (QED) is 0.331. The van der Waals surface area contributed by atoms with Crippen molar-refractivity contribution in [3.8, 4) is 6.07 Å². The molecule has 2 aromatic rings. The van der Waals surface area contributed by atoms with Crippen LogP contribution in [0.4, 0.5) is 5.00 Å². The molecule has 0 amide bonds. The van der Waals surface area contributed by atoms with Gasteiger partial charge in [-0.2, -0.15) is 5.26 Å². The molecule has 0 aliphatic carbocycles. The number of aromatic nitrogens is 2. The smallest absolute Gasteiger partial charge is 0.303 e. The van der Waals surface area contributed by atoms with Gasteiger partial charge in [-0.3, -0.25) is 9.59 Å². The number of halogens is 1. The van der Waals surface area contributed by atoms with E-state index in [4.69, 9.17) is 32.8 Å². The summed E-state index contributed by atoms with van der Waals surface area (Å²) in [6.07, 6.45) is 3.23. The molecule has 0 aliphatic heterocycles. The van der Waals surface area contributed by atoms with Gasteiger partial charge in [-0.05, 0) is 12.8 Å². The topological polar surface area (TPSA) is 150 Å². The highest BCUT2D eigenvalue weighted by Crippen LogP contribution is 2.30.